The van der Waals surface area contributed by atoms with Crippen LogP contribution in [0.1, 0.15) is 44.9 Å². The van der Waals surface area contributed by atoms with Crippen molar-refractivity contribution in [3.63, 3.8) is 0 Å². The van der Waals surface area contributed by atoms with Crippen molar-refractivity contribution >= 4 is 16.0 Å². The minimum atomic E-state index is -5.45. The van der Waals surface area contributed by atoms with Gasteiger partial charge in [0, 0.05) is 0 Å². The van der Waals surface area contributed by atoms with Gasteiger partial charge >= 0.3 is 11.5 Å². The van der Waals surface area contributed by atoms with Crippen LogP contribution >= 0.6 is 0 Å². The first kappa shape index (κ1) is 18.0. The summed E-state index contributed by atoms with van der Waals surface area (Å²) in [6.45, 7) is -0.631. The fourth-order valence-corrected chi connectivity index (χ4v) is 5.52. The third-order valence-corrected chi connectivity index (χ3v) is 6.67. The van der Waals surface area contributed by atoms with Crippen LogP contribution in [0.25, 0.3) is 4.72 Å². The predicted octanol–water partition coefficient (Wildman–Crippen LogP) is 3.36. The Balaban J connectivity index is 1.44. The van der Waals surface area contributed by atoms with Gasteiger partial charge in [0.2, 0.25) is 0 Å². The third-order valence-electron chi connectivity index (χ3n) is 5.56. The zero-order chi connectivity index (χ0) is 17.6. The van der Waals surface area contributed by atoms with E-state index in [4.69, 9.17) is 4.74 Å². The van der Waals surface area contributed by atoms with Gasteiger partial charge in [-0.2, -0.15) is 13.2 Å². The maximum atomic E-state index is 12.5. The Morgan fingerprint density at radius 3 is 2.04 bits per heavy atom. The van der Waals surface area contributed by atoms with Crippen molar-refractivity contribution in [2.75, 3.05) is 13.2 Å². The van der Waals surface area contributed by atoms with Crippen LogP contribution in [0.15, 0.2) is 0 Å². The zero-order valence-electron chi connectivity index (χ0n) is 13.2. The molecule has 4 rings (SSSR count). The van der Waals surface area contributed by atoms with Crippen molar-refractivity contribution in [2.45, 2.75) is 50.5 Å². The van der Waals surface area contributed by atoms with Crippen LogP contribution in [-0.2, 0) is 19.6 Å². The molecule has 0 unspecified atom stereocenters. The van der Waals surface area contributed by atoms with Crippen LogP contribution in [0.4, 0.5) is 13.2 Å². The van der Waals surface area contributed by atoms with Crippen molar-refractivity contribution in [1.29, 1.82) is 0 Å². The SMILES string of the molecule is O=C(OCCC[N-]S(=O)(=O)C(F)(F)F)C12CC3CC(CC(C3)C1)C2. The minimum absolute atomic E-state index is 0.0343. The second-order valence-corrected chi connectivity index (χ2v) is 9.13. The summed E-state index contributed by atoms with van der Waals surface area (Å²) in [4.78, 5) is 12.5. The van der Waals surface area contributed by atoms with E-state index in [1.807, 2.05) is 0 Å². The molecule has 0 aromatic carbocycles. The smallest absolute Gasteiger partial charge is 0.480 e. The molecule has 24 heavy (non-hydrogen) atoms. The highest BCUT2D eigenvalue weighted by atomic mass is 32.2. The van der Waals surface area contributed by atoms with Gasteiger partial charge in [0.15, 0.2) is 10.0 Å². The normalized spacial score (nSPS) is 35.2. The van der Waals surface area contributed by atoms with Gasteiger partial charge in [-0.25, -0.2) is 8.42 Å². The van der Waals surface area contributed by atoms with Crippen LogP contribution < -0.4 is 0 Å². The summed E-state index contributed by atoms with van der Waals surface area (Å²) in [5.41, 5.74) is -5.78. The maximum absolute atomic E-state index is 12.5. The van der Waals surface area contributed by atoms with Crippen molar-refractivity contribution in [3.05, 3.63) is 4.72 Å². The van der Waals surface area contributed by atoms with E-state index < -0.39 is 27.5 Å². The van der Waals surface area contributed by atoms with Gasteiger partial charge in [0.25, 0.3) is 0 Å². The monoisotopic (exact) mass is 368 g/mol. The van der Waals surface area contributed by atoms with E-state index in [0.29, 0.717) is 17.8 Å². The lowest BCUT2D eigenvalue weighted by Gasteiger charge is -2.55. The Kier molecular flexibility index (Phi) is 4.61. The highest BCUT2D eigenvalue weighted by molar-refractivity contribution is 7.94. The fraction of sp³-hybridized carbons (Fsp3) is 0.933. The van der Waals surface area contributed by atoms with Crippen molar-refractivity contribution in [2.24, 2.45) is 23.2 Å². The number of sulfonamides is 1. The lowest BCUT2D eigenvalue weighted by atomic mass is 9.49. The van der Waals surface area contributed by atoms with E-state index in [1.54, 1.807) is 0 Å². The number of nitrogens with zero attached hydrogens (tertiary/aromatic N) is 1. The van der Waals surface area contributed by atoms with E-state index in [1.165, 1.54) is 19.3 Å². The molecule has 4 aliphatic rings. The number of carbonyl (C=O) groups is 1. The van der Waals surface area contributed by atoms with E-state index in [2.05, 4.69) is 4.72 Å². The largest absolute Gasteiger partial charge is 0.541 e. The zero-order valence-corrected chi connectivity index (χ0v) is 14.0. The molecule has 0 N–H and O–H groups in total. The third kappa shape index (κ3) is 3.42. The van der Waals surface area contributed by atoms with E-state index in [-0.39, 0.29) is 19.0 Å². The van der Waals surface area contributed by atoms with Gasteiger partial charge in [0.1, 0.15) is 0 Å². The van der Waals surface area contributed by atoms with E-state index >= 15 is 0 Å². The molecule has 0 atom stereocenters. The van der Waals surface area contributed by atoms with Gasteiger partial charge in [-0.15, -0.1) is 6.54 Å². The molecule has 4 aliphatic carbocycles. The van der Waals surface area contributed by atoms with Gasteiger partial charge < -0.3 is 9.46 Å². The van der Waals surface area contributed by atoms with Crippen LogP contribution in [0.3, 0.4) is 0 Å². The highest BCUT2D eigenvalue weighted by Gasteiger charge is 2.55. The topological polar surface area (TPSA) is 74.5 Å². The number of ether oxygens (including phenoxy) is 1. The van der Waals surface area contributed by atoms with Crippen molar-refractivity contribution in [3.8, 4) is 0 Å². The molecule has 0 radical (unpaired) electrons. The Bertz CT molecular complexity index is 567. The number of halogens is 3. The maximum Gasteiger partial charge on any atom is 0.480 e. The number of esters is 1. The molecular weight excluding hydrogens is 347 g/mol. The molecule has 0 aliphatic heterocycles. The first-order valence-corrected chi connectivity index (χ1v) is 9.73. The number of carbonyl (C=O) groups excluding carboxylic acids is 1. The molecule has 0 amide bonds. The summed E-state index contributed by atoms with van der Waals surface area (Å²) >= 11 is 0. The second kappa shape index (κ2) is 6.16. The summed E-state index contributed by atoms with van der Waals surface area (Å²) in [6.07, 6.45) is 6.11. The van der Waals surface area contributed by atoms with Gasteiger partial charge in [-0.1, -0.05) is 0 Å². The molecule has 0 aromatic rings. The predicted molar refractivity (Wildman–Crippen MR) is 79.4 cm³/mol. The summed E-state index contributed by atoms with van der Waals surface area (Å²) in [6, 6.07) is 0. The Morgan fingerprint density at radius 1 is 1.08 bits per heavy atom. The number of rotatable bonds is 6. The summed E-state index contributed by atoms with van der Waals surface area (Å²) in [7, 11) is -5.45. The first-order chi connectivity index (χ1) is 11.1. The molecule has 4 bridgehead atoms. The van der Waals surface area contributed by atoms with Crippen LogP contribution in [0, 0.1) is 23.2 Å². The van der Waals surface area contributed by atoms with Crippen molar-refractivity contribution in [1.82, 2.24) is 0 Å². The molecule has 0 aromatic heterocycles. The Hall–Kier alpha value is -0.830. The van der Waals surface area contributed by atoms with Gasteiger partial charge in [-0.05, 0) is 62.7 Å². The summed E-state index contributed by atoms with van der Waals surface area (Å²) < 4.78 is 65.9. The molecule has 0 heterocycles. The molecule has 5 nitrogen and oxygen atoms in total. The summed E-state index contributed by atoms with van der Waals surface area (Å²) in [5.74, 6) is 1.52. The standard InChI is InChI=1S/C15H21F3NO4S/c16-15(17,18)24(21,22)19-2-1-3-23-13(20)14-7-10-4-11(8-14)6-12(5-10)9-14/h10-12H,1-9H2/q-1. The molecular formula is C15H21F3NO4S-. The molecule has 0 spiro atoms. The molecule has 4 fully saturated rings. The summed E-state index contributed by atoms with van der Waals surface area (Å²) in [5, 5.41) is 0. The van der Waals surface area contributed by atoms with Crippen LogP contribution in [0.2, 0.25) is 0 Å². The quantitative estimate of drug-likeness (QED) is 0.532. The fourth-order valence-electron chi connectivity index (χ4n) is 5.00. The highest BCUT2D eigenvalue weighted by Crippen LogP contribution is 2.60. The molecule has 0 saturated heterocycles. The molecule has 138 valence electrons. The van der Waals surface area contributed by atoms with Crippen molar-refractivity contribution < 1.29 is 31.1 Å². The van der Waals surface area contributed by atoms with Crippen LogP contribution in [0.5, 0.6) is 0 Å². The molecule has 9 heteroatoms. The van der Waals surface area contributed by atoms with Gasteiger partial charge in [-0.3, -0.25) is 4.79 Å². The average molecular weight is 368 g/mol. The number of hydrogen-bond acceptors (Lipinski definition) is 4. The van der Waals surface area contributed by atoms with E-state index in [9.17, 15) is 26.4 Å². The average Bonchev–Trinajstić information content (AvgIpc) is 2.43. The lowest BCUT2D eigenvalue weighted by molar-refractivity contribution is -0.171. The Labute approximate surface area is 139 Å². The molecule has 4 saturated carbocycles. The second-order valence-electron chi connectivity index (χ2n) is 7.46. The number of alkyl halides is 3. The number of hydrogen-bond donors (Lipinski definition) is 0. The van der Waals surface area contributed by atoms with Gasteiger partial charge in [0.05, 0.1) is 12.0 Å². The van der Waals surface area contributed by atoms with E-state index in [0.717, 1.165) is 19.3 Å². The van der Waals surface area contributed by atoms with Crippen LogP contribution in [-0.4, -0.2) is 33.0 Å². The lowest BCUT2D eigenvalue weighted by Crippen LogP contribution is -2.50. The first-order valence-electron chi connectivity index (χ1n) is 8.29. The minimum Gasteiger partial charge on any atom is -0.541 e. The Morgan fingerprint density at radius 2 is 1.58 bits per heavy atom.